The Morgan fingerprint density at radius 3 is 1.39 bits per heavy atom. The molecule has 1 heteroatoms. The zero-order chi connectivity index (χ0) is 21.4. The van der Waals surface area contributed by atoms with Crippen molar-refractivity contribution in [1.82, 2.24) is 5.32 Å². The summed E-state index contributed by atoms with van der Waals surface area (Å²) in [5.74, 6) is 2.68. The maximum Gasteiger partial charge on any atom is 0.0118 e. The van der Waals surface area contributed by atoms with Crippen molar-refractivity contribution in [3.8, 4) is 0 Å². The minimum Gasteiger partial charge on any atom is -0.313 e. The van der Waals surface area contributed by atoms with Crippen molar-refractivity contribution in [3.05, 3.63) is 0 Å². The summed E-state index contributed by atoms with van der Waals surface area (Å²) in [5, 5.41) is 3.95. The van der Waals surface area contributed by atoms with E-state index in [1.165, 1.54) is 57.9 Å². The highest BCUT2D eigenvalue weighted by Gasteiger charge is 2.40. The molecule has 1 aliphatic heterocycles. The van der Waals surface area contributed by atoms with Gasteiger partial charge in [-0.05, 0) is 97.3 Å². The van der Waals surface area contributed by atoms with E-state index < -0.39 is 0 Å². The van der Waals surface area contributed by atoms with Crippen molar-refractivity contribution in [2.75, 3.05) is 6.54 Å². The van der Waals surface area contributed by atoms with Gasteiger partial charge in [-0.25, -0.2) is 0 Å². The molecule has 2 atom stereocenters. The first-order chi connectivity index (χ1) is 12.6. The molecule has 0 aromatic heterocycles. The lowest BCUT2D eigenvalue weighted by atomic mass is 9.61. The monoisotopic (exact) mass is 391 g/mol. The molecule has 1 saturated carbocycles. The standard InChI is InChI=1S/C27H53N/c1-24(2,3)20-11-13-21(14-12-20)26(7,8)17-18-27(9,10)23-16-15-22(19-28-23)25(4,5)6/h20-23,28H,11-19H2,1-10H3. The molecule has 166 valence electrons. The van der Waals surface area contributed by atoms with Gasteiger partial charge in [0.2, 0.25) is 0 Å². The summed E-state index contributed by atoms with van der Waals surface area (Å²) in [4.78, 5) is 0. The van der Waals surface area contributed by atoms with E-state index in [4.69, 9.17) is 0 Å². The quantitative estimate of drug-likeness (QED) is 0.499. The van der Waals surface area contributed by atoms with E-state index in [2.05, 4.69) is 74.6 Å². The fourth-order valence-corrected chi connectivity index (χ4v) is 6.03. The van der Waals surface area contributed by atoms with Crippen LogP contribution in [-0.4, -0.2) is 12.6 Å². The van der Waals surface area contributed by atoms with Gasteiger partial charge in [-0.2, -0.15) is 0 Å². The zero-order valence-corrected chi connectivity index (χ0v) is 21.2. The van der Waals surface area contributed by atoms with Crippen LogP contribution in [0.25, 0.3) is 0 Å². The molecule has 1 heterocycles. The molecule has 28 heavy (non-hydrogen) atoms. The molecule has 0 aromatic carbocycles. The summed E-state index contributed by atoms with van der Waals surface area (Å²) < 4.78 is 0. The van der Waals surface area contributed by atoms with Gasteiger partial charge < -0.3 is 5.32 Å². The molecule has 2 unspecified atom stereocenters. The van der Waals surface area contributed by atoms with E-state index in [0.717, 1.165) is 17.8 Å². The van der Waals surface area contributed by atoms with Gasteiger partial charge in [0.25, 0.3) is 0 Å². The highest BCUT2D eigenvalue weighted by molar-refractivity contribution is 4.93. The second-order valence-electron chi connectivity index (χ2n) is 14.0. The molecule has 0 aromatic rings. The normalized spacial score (nSPS) is 31.1. The lowest BCUT2D eigenvalue weighted by Gasteiger charge is -2.46. The highest BCUT2D eigenvalue weighted by Crippen LogP contribution is 2.48. The van der Waals surface area contributed by atoms with Crippen molar-refractivity contribution >= 4 is 0 Å². The van der Waals surface area contributed by atoms with E-state index in [9.17, 15) is 0 Å². The summed E-state index contributed by atoms with van der Waals surface area (Å²) in [6, 6.07) is 0.693. The molecular weight excluding hydrogens is 338 g/mol. The van der Waals surface area contributed by atoms with Gasteiger partial charge in [-0.1, -0.05) is 69.2 Å². The molecule has 2 fully saturated rings. The summed E-state index contributed by atoms with van der Waals surface area (Å²) in [6.45, 7) is 25.9. The van der Waals surface area contributed by atoms with Crippen LogP contribution >= 0.6 is 0 Å². The summed E-state index contributed by atoms with van der Waals surface area (Å²) >= 11 is 0. The number of hydrogen-bond donors (Lipinski definition) is 1. The Bertz CT molecular complexity index is 425. The Labute approximate surface area is 178 Å². The molecule has 2 aliphatic rings. The third-order valence-corrected chi connectivity index (χ3v) is 9.05. The van der Waals surface area contributed by atoms with E-state index >= 15 is 0 Å². The van der Waals surface area contributed by atoms with Crippen LogP contribution in [0.1, 0.15) is 121 Å². The number of hydrogen-bond acceptors (Lipinski definition) is 1. The van der Waals surface area contributed by atoms with Crippen LogP contribution in [0.15, 0.2) is 0 Å². The van der Waals surface area contributed by atoms with Crippen LogP contribution in [0, 0.1) is 39.4 Å². The van der Waals surface area contributed by atoms with E-state index in [0.29, 0.717) is 27.7 Å². The van der Waals surface area contributed by atoms with Crippen molar-refractivity contribution < 1.29 is 0 Å². The Kier molecular flexibility index (Phi) is 7.44. The second-order valence-corrected chi connectivity index (χ2v) is 14.0. The third kappa shape index (κ3) is 6.23. The van der Waals surface area contributed by atoms with E-state index in [1.54, 1.807) is 0 Å². The molecule has 0 radical (unpaired) electrons. The molecule has 0 amide bonds. The molecule has 1 saturated heterocycles. The molecule has 1 aliphatic carbocycles. The first-order valence-electron chi connectivity index (χ1n) is 12.4. The topological polar surface area (TPSA) is 12.0 Å². The SMILES string of the molecule is CC(C)(C)C1CCC(C(C)(C)CCC(C)(C)C2CCC(C(C)(C)C)CN2)CC1. The smallest absolute Gasteiger partial charge is 0.0118 e. The molecule has 0 spiro atoms. The molecule has 1 N–H and O–H groups in total. The Balaban J connectivity index is 1.85. The van der Waals surface area contributed by atoms with Crippen LogP contribution in [0.4, 0.5) is 0 Å². The minimum atomic E-state index is 0.405. The van der Waals surface area contributed by atoms with Crippen LogP contribution in [0.2, 0.25) is 0 Å². The second kappa shape index (κ2) is 8.60. The summed E-state index contributed by atoms with van der Waals surface area (Å²) in [7, 11) is 0. The van der Waals surface area contributed by atoms with E-state index in [1.807, 2.05) is 0 Å². The highest BCUT2D eigenvalue weighted by atomic mass is 14.9. The predicted molar refractivity (Wildman–Crippen MR) is 126 cm³/mol. The molecule has 1 nitrogen and oxygen atoms in total. The van der Waals surface area contributed by atoms with Crippen LogP contribution in [0.3, 0.4) is 0 Å². The van der Waals surface area contributed by atoms with Crippen LogP contribution in [0.5, 0.6) is 0 Å². The van der Waals surface area contributed by atoms with Crippen LogP contribution < -0.4 is 5.32 Å². The summed E-state index contributed by atoms with van der Waals surface area (Å²) in [6.07, 6.45) is 11.3. The Morgan fingerprint density at radius 1 is 0.536 bits per heavy atom. The predicted octanol–water partition coefficient (Wildman–Crippen LogP) is 8.09. The fraction of sp³-hybridized carbons (Fsp3) is 1.00. The fourth-order valence-electron chi connectivity index (χ4n) is 6.03. The summed E-state index contributed by atoms with van der Waals surface area (Å²) in [5.41, 5.74) is 1.83. The number of piperidine rings is 1. The van der Waals surface area contributed by atoms with Gasteiger partial charge in [0.15, 0.2) is 0 Å². The average Bonchev–Trinajstić information content (AvgIpc) is 2.59. The minimum absolute atomic E-state index is 0.405. The number of rotatable bonds is 5. The van der Waals surface area contributed by atoms with Crippen LogP contribution in [-0.2, 0) is 0 Å². The number of nitrogens with one attached hydrogen (secondary N) is 1. The lowest BCUT2D eigenvalue weighted by molar-refractivity contribution is 0.0605. The Hall–Kier alpha value is -0.0400. The maximum atomic E-state index is 3.95. The first kappa shape index (κ1) is 24.2. The first-order valence-corrected chi connectivity index (χ1v) is 12.4. The third-order valence-electron chi connectivity index (χ3n) is 9.05. The van der Waals surface area contributed by atoms with Crippen molar-refractivity contribution in [3.63, 3.8) is 0 Å². The lowest BCUT2D eigenvalue weighted by Crippen LogP contribution is -2.50. The molecule has 2 rings (SSSR count). The largest absolute Gasteiger partial charge is 0.313 e. The van der Waals surface area contributed by atoms with Crippen molar-refractivity contribution in [1.29, 1.82) is 0 Å². The Morgan fingerprint density at radius 2 is 0.964 bits per heavy atom. The van der Waals surface area contributed by atoms with E-state index in [-0.39, 0.29) is 0 Å². The molecule has 0 bridgehead atoms. The van der Waals surface area contributed by atoms with Gasteiger partial charge in [0.1, 0.15) is 0 Å². The van der Waals surface area contributed by atoms with Gasteiger partial charge in [-0.3, -0.25) is 0 Å². The van der Waals surface area contributed by atoms with Gasteiger partial charge in [-0.15, -0.1) is 0 Å². The van der Waals surface area contributed by atoms with Crippen molar-refractivity contribution in [2.45, 2.75) is 127 Å². The van der Waals surface area contributed by atoms with Gasteiger partial charge in [0.05, 0.1) is 0 Å². The van der Waals surface area contributed by atoms with Gasteiger partial charge in [0, 0.05) is 6.04 Å². The average molecular weight is 392 g/mol. The maximum absolute atomic E-state index is 3.95. The van der Waals surface area contributed by atoms with Crippen molar-refractivity contribution in [2.24, 2.45) is 39.4 Å². The zero-order valence-electron chi connectivity index (χ0n) is 21.2. The van der Waals surface area contributed by atoms with Gasteiger partial charge >= 0.3 is 0 Å². The molecular formula is C27H53N.